The van der Waals surface area contributed by atoms with Crippen molar-refractivity contribution in [1.29, 1.82) is 0 Å². The standard InChI is InChI=1S/C13H9N3O3/c17-8-4-5-10-9(7-8)12(18)16(13(19)15-10)11-3-1-2-6-14-11/h1-7,17H,(H,15,19). The Morgan fingerprint density at radius 3 is 2.74 bits per heavy atom. The van der Waals surface area contributed by atoms with Crippen LogP contribution in [-0.2, 0) is 0 Å². The summed E-state index contributed by atoms with van der Waals surface area (Å²) in [6, 6.07) is 9.13. The van der Waals surface area contributed by atoms with Gasteiger partial charge in [-0.05, 0) is 30.3 Å². The quantitative estimate of drug-likeness (QED) is 0.672. The smallest absolute Gasteiger partial charge is 0.334 e. The summed E-state index contributed by atoms with van der Waals surface area (Å²) in [4.78, 5) is 30.8. The molecule has 3 aromatic rings. The maximum absolute atomic E-state index is 12.3. The summed E-state index contributed by atoms with van der Waals surface area (Å²) < 4.78 is 0.932. The van der Waals surface area contributed by atoms with Crippen LogP contribution in [-0.4, -0.2) is 19.6 Å². The number of pyridine rings is 1. The van der Waals surface area contributed by atoms with Crippen molar-refractivity contribution in [3.8, 4) is 11.6 Å². The molecule has 19 heavy (non-hydrogen) atoms. The molecule has 2 aromatic heterocycles. The van der Waals surface area contributed by atoms with Gasteiger partial charge in [-0.3, -0.25) is 4.79 Å². The molecule has 0 radical (unpaired) electrons. The van der Waals surface area contributed by atoms with Gasteiger partial charge in [-0.1, -0.05) is 6.07 Å². The molecule has 0 fully saturated rings. The molecule has 0 saturated carbocycles. The zero-order valence-corrected chi connectivity index (χ0v) is 9.70. The number of nitrogens with one attached hydrogen (secondary N) is 1. The highest BCUT2D eigenvalue weighted by Gasteiger charge is 2.10. The maximum Gasteiger partial charge on any atom is 0.334 e. The normalized spacial score (nSPS) is 10.7. The number of H-pyrrole nitrogens is 1. The first kappa shape index (κ1) is 11.2. The molecule has 0 saturated heterocycles. The van der Waals surface area contributed by atoms with Gasteiger partial charge in [0.05, 0.1) is 10.9 Å². The minimum Gasteiger partial charge on any atom is -0.508 e. The molecule has 3 rings (SSSR count). The molecule has 2 heterocycles. The molecule has 6 heteroatoms. The first-order valence-corrected chi connectivity index (χ1v) is 5.56. The van der Waals surface area contributed by atoms with Gasteiger partial charge in [-0.25, -0.2) is 14.3 Å². The lowest BCUT2D eigenvalue weighted by atomic mass is 10.2. The van der Waals surface area contributed by atoms with E-state index in [0.717, 1.165) is 4.57 Å². The second-order valence-electron chi connectivity index (χ2n) is 3.99. The van der Waals surface area contributed by atoms with Crippen molar-refractivity contribution in [3.05, 3.63) is 63.4 Å². The number of fused-ring (bicyclic) bond motifs is 1. The number of aromatic amines is 1. The molecule has 0 aliphatic carbocycles. The third-order valence-corrected chi connectivity index (χ3v) is 2.76. The number of benzene rings is 1. The third-order valence-electron chi connectivity index (χ3n) is 2.76. The van der Waals surface area contributed by atoms with Crippen LogP contribution in [0.3, 0.4) is 0 Å². The van der Waals surface area contributed by atoms with Crippen LogP contribution in [0.25, 0.3) is 16.7 Å². The van der Waals surface area contributed by atoms with E-state index in [4.69, 9.17) is 0 Å². The van der Waals surface area contributed by atoms with E-state index in [1.54, 1.807) is 18.2 Å². The number of nitrogens with zero attached hydrogens (tertiary/aromatic N) is 2. The summed E-state index contributed by atoms with van der Waals surface area (Å²) in [7, 11) is 0. The van der Waals surface area contributed by atoms with Crippen LogP contribution in [0.1, 0.15) is 0 Å². The lowest BCUT2D eigenvalue weighted by molar-refractivity contribution is 0.476. The molecule has 0 atom stereocenters. The van der Waals surface area contributed by atoms with Crippen molar-refractivity contribution in [2.24, 2.45) is 0 Å². The van der Waals surface area contributed by atoms with Gasteiger partial charge in [0.2, 0.25) is 0 Å². The van der Waals surface area contributed by atoms with Gasteiger partial charge in [0.1, 0.15) is 11.6 Å². The monoisotopic (exact) mass is 255 g/mol. The van der Waals surface area contributed by atoms with Crippen molar-refractivity contribution in [1.82, 2.24) is 14.5 Å². The molecule has 2 N–H and O–H groups in total. The van der Waals surface area contributed by atoms with E-state index in [2.05, 4.69) is 9.97 Å². The molecule has 0 aliphatic rings. The summed E-state index contributed by atoms with van der Waals surface area (Å²) in [6.45, 7) is 0. The van der Waals surface area contributed by atoms with Crippen LogP contribution in [0.5, 0.6) is 5.75 Å². The van der Waals surface area contributed by atoms with Crippen molar-refractivity contribution in [2.75, 3.05) is 0 Å². The average molecular weight is 255 g/mol. The maximum atomic E-state index is 12.3. The van der Waals surface area contributed by atoms with E-state index in [-0.39, 0.29) is 17.0 Å². The molecular weight excluding hydrogens is 246 g/mol. The Labute approximate surface area is 106 Å². The Morgan fingerprint density at radius 1 is 1.16 bits per heavy atom. The van der Waals surface area contributed by atoms with Crippen LogP contribution in [0, 0.1) is 0 Å². The fourth-order valence-electron chi connectivity index (χ4n) is 1.90. The Kier molecular flexibility index (Phi) is 2.42. The molecule has 94 valence electrons. The van der Waals surface area contributed by atoms with E-state index in [1.807, 2.05) is 0 Å². The summed E-state index contributed by atoms with van der Waals surface area (Å²) >= 11 is 0. The van der Waals surface area contributed by atoms with Crippen molar-refractivity contribution in [3.63, 3.8) is 0 Å². The van der Waals surface area contributed by atoms with Crippen LogP contribution in [0.4, 0.5) is 0 Å². The first-order valence-electron chi connectivity index (χ1n) is 5.56. The highest BCUT2D eigenvalue weighted by atomic mass is 16.3. The number of hydrogen-bond donors (Lipinski definition) is 2. The van der Waals surface area contributed by atoms with E-state index < -0.39 is 11.2 Å². The molecule has 0 bridgehead atoms. The van der Waals surface area contributed by atoms with E-state index >= 15 is 0 Å². The van der Waals surface area contributed by atoms with Gasteiger partial charge < -0.3 is 10.1 Å². The molecule has 0 aliphatic heterocycles. The number of phenols is 1. The van der Waals surface area contributed by atoms with Crippen molar-refractivity contribution >= 4 is 10.9 Å². The number of hydrogen-bond acceptors (Lipinski definition) is 4. The van der Waals surface area contributed by atoms with Crippen molar-refractivity contribution < 1.29 is 5.11 Å². The zero-order valence-electron chi connectivity index (χ0n) is 9.70. The molecular formula is C13H9N3O3. The van der Waals surface area contributed by atoms with Crippen molar-refractivity contribution in [2.45, 2.75) is 0 Å². The Hall–Kier alpha value is -2.89. The van der Waals surface area contributed by atoms with Crippen LogP contribution in [0.2, 0.25) is 0 Å². The van der Waals surface area contributed by atoms with E-state index in [0.29, 0.717) is 5.52 Å². The van der Waals surface area contributed by atoms with Crippen LogP contribution in [0.15, 0.2) is 52.2 Å². The lowest BCUT2D eigenvalue weighted by Gasteiger charge is -2.05. The molecule has 0 spiro atoms. The van der Waals surface area contributed by atoms with Gasteiger partial charge in [-0.15, -0.1) is 0 Å². The Morgan fingerprint density at radius 2 is 2.00 bits per heavy atom. The third kappa shape index (κ3) is 1.79. The number of aromatic hydroxyl groups is 1. The fourth-order valence-corrected chi connectivity index (χ4v) is 1.90. The number of phenolic OH excluding ortho intramolecular Hbond substituents is 1. The lowest BCUT2D eigenvalue weighted by Crippen LogP contribution is -2.34. The van der Waals surface area contributed by atoms with Gasteiger partial charge in [0, 0.05) is 6.20 Å². The number of aromatic nitrogens is 3. The molecule has 0 amide bonds. The fraction of sp³-hybridized carbons (Fsp3) is 0. The summed E-state index contributed by atoms with van der Waals surface area (Å²) in [5.74, 6) is 0.197. The van der Waals surface area contributed by atoms with Crippen LogP contribution < -0.4 is 11.2 Å². The predicted molar refractivity (Wildman–Crippen MR) is 69.6 cm³/mol. The molecule has 1 aromatic carbocycles. The summed E-state index contributed by atoms with van der Waals surface area (Å²) in [5, 5.41) is 9.66. The van der Waals surface area contributed by atoms with E-state index in [9.17, 15) is 14.7 Å². The zero-order chi connectivity index (χ0) is 13.4. The second-order valence-corrected chi connectivity index (χ2v) is 3.99. The Balaban J connectivity index is 2.44. The minimum atomic E-state index is -0.568. The first-order chi connectivity index (χ1) is 9.16. The minimum absolute atomic E-state index is 0.0378. The van der Waals surface area contributed by atoms with Gasteiger partial charge in [-0.2, -0.15) is 0 Å². The van der Waals surface area contributed by atoms with Gasteiger partial charge >= 0.3 is 5.69 Å². The summed E-state index contributed by atoms with van der Waals surface area (Å²) in [6.07, 6.45) is 1.49. The second kappa shape index (κ2) is 4.09. The largest absolute Gasteiger partial charge is 0.508 e. The molecule has 6 nitrogen and oxygen atoms in total. The molecule has 0 unspecified atom stereocenters. The highest BCUT2D eigenvalue weighted by Crippen LogP contribution is 2.14. The Bertz CT molecular complexity index is 866. The topological polar surface area (TPSA) is 88.0 Å². The average Bonchev–Trinajstić information content (AvgIpc) is 2.41. The predicted octanol–water partition coefficient (Wildman–Crippen LogP) is 0.780. The van der Waals surface area contributed by atoms with Crippen LogP contribution >= 0.6 is 0 Å². The van der Waals surface area contributed by atoms with Gasteiger partial charge in [0.15, 0.2) is 0 Å². The van der Waals surface area contributed by atoms with Gasteiger partial charge in [0.25, 0.3) is 5.56 Å². The number of rotatable bonds is 1. The summed E-state index contributed by atoms with van der Waals surface area (Å²) in [5.41, 5.74) is -0.713. The highest BCUT2D eigenvalue weighted by molar-refractivity contribution is 5.79. The SMILES string of the molecule is O=c1[nH]c2ccc(O)cc2c(=O)n1-c1ccccn1. The van der Waals surface area contributed by atoms with E-state index in [1.165, 1.54) is 24.4 Å².